The summed E-state index contributed by atoms with van der Waals surface area (Å²) in [6.07, 6.45) is 0. The molecule has 1 heterocycles. The van der Waals surface area contributed by atoms with Gasteiger partial charge in [0.2, 0.25) is 0 Å². The van der Waals surface area contributed by atoms with E-state index in [0.717, 1.165) is 0 Å². The molecule has 1 aromatic heterocycles. The molecule has 0 aliphatic rings. The van der Waals surface area contributed by atoms with E-state index in [9.17, 15) is 8.42 Å². The predicted octanol–water partition coefficient (Wildman–Crippen LogP) is 1.05. The topological polar surface area (TPSA) is 111 Å². The van der Waals surface area contributed by atoms with Crippen LogP contribution in [0.1, 0.15) is 0 Å². The largest absolute Gasteiger partial charge is 0.399 e. The van der Waals surface area contributed by atoms with Crippen molar-refractivity contribution in [3.63, 3.8) is 0 Å². The van der Waals surface area contributed by atoms with Gasteiger partial charge in [0.15, 0.2) is 0 Å². The fourth-order valence-corrected chi connectivity index (χ4v) is 2.35. The summed E-state index contributed by atoms with van der Waals surface area (Å²) in [7, 11) is -3.67. The lowest BCUT2D eigenvalue weighted by molar-refractivity contribution is 0.601. The number of nitrogens with two attached hydrogens (primary N) is 2. The van der Waals surface area contributed by atoms with E-state index in [4.69, 9.17) is 11.5 Å². The van der Waals surface area contributed by atoms with E-state index in [2.05, 4.69) is 9.71 Å². The number of nitrogens with zero attached hydrogens (tertiary/aromatic N) is 1. The number of nitrogens with one attached hydrogen (secondary N) is 1. The highest BCUT2D eigenvalue weighted by Crippen LogP contribution is 2.16. The van der Waals surface area contributed by atoms with E-state index in [1.165, 1.54) is 30.3 Å². The predicted molar refractivity (Wildman–Crippen MR) is 70.3 cm³/mol. The first kappa shape index (κ1) is 12.2. The van der Waals surface area contributed by atoms with Crippen LogP contribution in [0.15, 0.2) is 47.4 Å². The van der Waals surface area contributed by atoms with Gasteiger partial charge in [-0.25, -0.2) is 13.4 Å². The second kappa shape index (κ2) is 4.53. The lowest BCUT2D eigenvalue weighted by atomic mass is 10.3. The molecular formula is C11H12N4O2S. The Labute approximate surface area is 105 Å². The zero-order valence-electron chi connectivity index (χ0n) is 9.37. The van der Waals surface area contributed by atoms with Crippen LogP contribution in [-0.2, 0) is 10.0 Å². The quantitative estimate of drug-likeness (QED) is 0.717. The van der Waals surface area contributed by atoms with Gasteiger partial charge in [-0.05, 0) is 36.4 Å². The van der Waals surface area contributed by atoms with Gasteiger partial charge in [-0.2, -0.15) is 0 Å². The SMILES string of the molecule is Nc1ccc(S(=O)(=O)Nc2cccc(N)n2)cc1. The maximum Gasteiger partial charge on any atom is 0.263 e. The van der Waals surface area contributed by atoms with Crippen LogP contribution >= 0.6 is 0 Å². The van der Waals surface area contributed by atoms with E-state index < -0.39 is 10.0 Å². The van der Waals surface area contributed by atoms with Gasteiger partial charge in [-0.1, -0.05) is 6.07 Å². The number of nitrogen functional groups attached to an aromatic ring is 2. The zero-order valence-corrected chi connectivity index (χ0v) is 10.2. The fraction of sp³-hybridized carbons (Fsp3) is 0. The van der Waals surface area contributed by atoms with Crippen molar-refractivity contribution in [1.82, 2.24) is 4.98 Å². The third-order valence-electron chi connectivity index (χ3n) is 2.20. The highest BCUT2D eigenvalue weighted by molar-refractivity contribution is 7.92. The van der Waals surface area contributed by atoms with Crippen LogP contribution in [0, 0.1) is 0 Å². The molecule has 0 aliphatic heterocycles. The molecule has 0 saturated carbocycles. The Kier molecular flexibility index (Phi) is 3.07. The molecule has 2 rings (SSSR count). The summed E-state index contributed by atoms with van der Waals surface area (Å²) in [6.45, 7) is 0. The summed E-state index contributed by atoms with van der Waals surface area (Å²) >= 11 is 0. The first-order chi connectivity index (χ1) is 8.47. The van der Waals surface area contributed by atoms with Crippen LogP contribution in [0.5, 0.6) is 0 Å². The number of pyridine rings is 1. The summed E-state index contributed by atoms with van der Waals surface area (Å²) in [6, 6.07) is 10.6. The van der Waals surface area contributed by atoms with Gasteiger partial charge >= 0.3 is 0 Å². The molecule has 0 aliphatic carbocycles. The van der Waals surface area contributed by atoms with E-state index >= 15 is 0 Å². The van der Waals surface area contributed by atoms with Gasteiger partial charge in [-0.15, -0.1) is 0 Å². The molecule has 1 aromatic carbocycles. The third-order valence-corrected chi connectivity index (χ3v) is 3.57. The third kappa shape index (κ3) is 2.69. The number of benzene rings is 1. The molecule has 0 radical (unpaired) electrons. The minimum atomic E-state index is -3.67. The summed E-state index contributed by atoms with van der Waals surface area (Å²) in [5.41, 5.74) is 11.5. The summed E-state index contributed by atoms with van der Waals surface area (Å²) in [5.74, 6) is 0.416. The Morgan fingerprint density at radius 3 is 2.28 bits per heavy atom. The minimum Gasteiger partial charge on any atom is -0.399 e. The van der Waals surface area contributed by atoms with Crippen molar-refractivity contribution in [3.05, 3.63) is 42.5 Å². The standard InChI is InChI=1S/C11H12N4O2S/c12-8-4-6-9(7-5-8)18(16,17)15-11-3-1-2-10(13)14-11/h1-7H,12H2,(H3,13,14,15). The van der Waals surface area contributed by atoms with Crippen molar-refractivity contribution in [1.29, 1.82) is 0 Å². The number of hydrogen-bond acceptors (Lipinski definition) is 5. The molecule has 0 saturated heterocycles. The van der Waals surface area contributed by atoms with E-state index in [1.54, 1.807) is 12.1 Å². The molecule has 0 spiro atoms. The van der Waals surface area contributed by atoms with Crippen molar-refractivity contribution in [2.24, 2.45) is 0 Å². The fourth-order valence-electron chi connectivity index (χ4n) is 1.35. The molecule has 5 N–H and O–H groups in total. The van der Waals surface area contributed by atoms with E-state index in [1.807, 2.05) is 0 Å². The molecule has 0 fully saturated rings. The van der Waals surface area contributed by atoms with Crippen LogP contribution in [0.25, 0.3) is 0 Å². The first-order valence-electron chi connectivity index (χ1n) is 5.08. The molecular weight excluding hydrogens is 252 g/mol. The Morgan fingerprint density at radius 1 is 1.00 bits per heavy atom. The molecule has 7 heteroatoms. The molecule has 0 bridgehead atoms. The van der Waals surface area contributed by atoms with Gasteiger partial charge in [0.1, 0.15) is 11.6 Å². The smallest absolute Gasteiger partial charge is 0.263 e. The average molecular weight is 264 g/mol. The van der Waals surface area contributed by atoms with Crippen molar-refractivity contribution in [2.45, 2.75) is 4.90 Å². The van der Waals surface area contributed by atoms with Gasteiger partial charge in [-0.3, -0.25) is 4.72 Å². The maximum absolute atomic E-state index is 12.0. The van der Waals surface area contributed by atoms with Gasteiger partial charge < -0.3 is 11.5 Å². The van der Waals surface area contributed by atoms with Crippen molar-refractivity contribution < 1.29 is 8.42 Å². The normalized spacial score (nSPS) is 11.1. The zero-order chi connectivity index (χ0) is 13.2. The Morgan fingerprint density at radius 2 is 1.67 bits per heavy atom. The van der Waals surface area contributed by atoms with Gasteiger partial charge in [0, 0.05) is 5.69 Å². The van der Waals surface area contributed by atoms with Crippen molar-refractivity contribution in [3.8, 4) is 0 Å². The van der Waals surface area contributed by atoms with Crippen molar-refractivity contribution in [2.75, 3.05) is 16.2 Å². The summed E-state index contributed by atoms with van der Waals surface area (Å²) < 4.78 is 26.3. The monoisotopic (exact) mass is 264 g/mol. The molecule has 6 nitrogen and oxygen atoms in total. The second-order valence-corrected chi connectivity index (χ2v) is 5.30. The molecule has 2 aromatic rings. The molecule has 0 atom stereocenters. The number of hydrogen-bond donors (Lipinski definition) is 3. The van der Waals surface area contributed by atoms with Crippen LogP contribution in [0.2, 0.25) is 0 Å². The number of sulfonamides is 1. The second-order valence-electron chi connectivity index (χ2n) is 3.62. The Hall–Kier alpha value is -2.28. The lowest BCUT2D eigenvalue weighted by Gasteiger charge is -2.07. The van der Waals surface area contributed by atoms with Crippen LogP contribution < -0.4 is 16.2 Å². The van der Waals surface area contributed by atoms with Crippen LogP contribution in [-0.4, -0.2) is 13.4 Å². The molecule has 0 unspecified atom stereocenters. The average Bonchev–Trinajstić information content (AvgIpc) is 2.29. The molecule has 18 heavy (non-hydrogen) atoms. The highest BCUT2D eigenvalue weighted by Gasteiger charge is 2.14. The number of rotatable bonds is 3. The van der Waals surface area contributed by atoms with E-state index in [0.29, 0.717) is 5.69 Å². The first-order valence-corrected chi connectivity index (χ1v) is 6.56. The van der Waals surface area contributed by atoms with Gasteiger partial charge in [0.25, 0.3) is 10.0 Å². The molecule has 94 valence electrons. The van der Waals surface area contributed by atoms with Crippen LogP contribution in [0.3, 0.4) is 0 Å². The van der Waals surface area contributed by atoms with Gasteiger partial charge in [0.05, 0.1) is 4.90 Å². The van der Waals surface area contributed by atoms with Crippen LogP contribution in [0.4, 0.5) is 17.3 Å². The summed E-state index contributed by atoms with van der Waals surface area (Å²) in [5, 5.41) is 0. The maximum atomic E-state index is 12.0. The molecule has 0 amide bonds. The Balaban J connectivity index is 2.30. The van der Waals surface area contributed by atoms with E-state index in [-0.39, 0.29) is 16.5 Å². The number of anilines is 3. The number of aromatic nitrogens is 1. The van der Waals surface area contributed by atoms with Crippen molar-refractivity contribution >= 4 is 27.3 Å². The minimum absolute atomic E-state index is 0.112. The summed E-state index contributed by atoms with van der Waals surface area (Å²) in [4.78, 5) is 3.98. The lowest BCUT2D eigenvalue weighted by Crippen LogP contribution is -2.14. The Bertz CT molecular complexity index is 653. The highest BCUT2D eigenvalue weighted by atomic mass is 32.2.